The first-order chi connectivity index (χ1) is 9.72. The van der Waals surface area contributed by atoms with Crippen molar-refractivity contribution >= 4 is 41.3 Å². The van der Waals surface area contributed by atoms with Gasteiger partial charge in [0, 0.05) is 25.2 Å². The first-order valence-corrected chi connectivity index (χ1v) is 7.42. The Morgan fingerprint density at radius 3 is 2.90 bits per heavy atom. The summed E-state index contributed by atoms with van der Waals surface area (Å²) >= 11 is 1.74. The number of guanidine groups is 1. The van der Waals surface area contributed by atoms with Gasteiger partial charge in [-0.1, -0.05) is 6.92 Å². The van der Waals surface area contributed by atoms with E-state index in [4.69, 9.17) is 4.42 Å². The molecule has 2 heterocycles. The molecule has 0 aliphatic rings. The summed E-state index contributed by atoms with van der Waals surface area (Å²) in [5, 5.41) is 4.40. The van der Waals surface area contributed by atoms with Crippen molar-refractivity contribution in [1.29, 1.82) is 0 Å². The molecule has 0 unspecified atom stereocenters. The summed E-state index contributed by atoms with van der Waals surface area (Å²) < 4.78 is 5.34. The third kappa shape index (κ3) is 5.31. The smallest absolute Gasteiger partial charge is 0.194 e. The Kier molecular flexibility index (Phi) is 7.73. The van der Waals surface area contributed by atoms with E-state index >= 15 is 0 Å². The van der Waals surface area contributed by atoms with Crippen LogP contribution in [0, 0.1) is 0 Å². The van der Waals surface area contributed by atoms with Gasteiger partial charge in [0.2, 0.25) is 0 Å². The van der Waals surface area contributed by atoms with Crippen molar-refractivity contribution < 1.29 is 4.42 Å². The Morgan fingerprint density at radius 2 is 2.33 bits per heavy atom. The van der Waals surface area contributed by atoms with Crippen LogP contribution in [0.3, 0.4) is 0 Å². The highest BCUT2D eigenvalue weighted by Crippen LogP contribution is 2.13. The Bertz CT molecular complexity index is 553. The number of halogens is 1. The molecule has 21 heavy (non-hydrogen) atoms. The van der Waals surface area contributed by atoms with Gasteiger partial charge in [-0.3, -0.25) is 4.99 Å². The first-order valence-electron chi connectivity index (χ1n) is 6.60. The van der Waals surface area contributed by atoms with Gasteiger partial charge in [-0.15, -0.1) is 35.3 Å². The van der Waals surface area contributed by atoms with Crippen molar-refractivity contribution in [3.05, 3.63) is 40.2 Å². The van der Waals surface area contributed by atoms with Crippen molar-refractivity contribution in [2.45, 2.75) is 26.4 Å². The molecule has 0 fully saturated rings. The van der Waals surface area contributed by atoms with E-state index in [-0.39, 0.29) is 24.0 Å². The monoisotopic (exact) mass is 420 g/mol. The van der Waals surface area contributed by atoms with Crippen LogP contribution in [0.5, 0.6) is 0 Å². The molecule has 1 N–H and O–H groups in total. The number of nitrogens with one attached hydrogen (secondary N) is 1. The van der Waals surface area contributed by atoms with E-state index in [0.717, 1.165) is 23.1 Å². The topological polar surface area (TPSA) is 53.7 Å². The van der Waals surface area contributed by atoms with Crippen LogP contribution in [0.1, 0.15) is 22.6 Å². The molecule has 7 heteroatoms. The molecule has 2 aromatic heterocycles. The summed E-state index contributed by atoms with van der Waals surface area (Å²) in [5.74, 6) is 1.74. The molecule has 0 saturated heterocycles. The van der Waals surface area contributed by atoms with Gasteiger partial charge in [-0.2, -0.15) is 0 Å². The maximum Gasteiger partial charge on any atom is 0.194 e. The lowest BCUT2D eigenvalue weighted by Gasteiger charge is -2.20. The minimum Gasteiger partial charge on any atom is -0.467 e. The summed E-state index contributed by atoms with van der Waals surface area (Å²) in [6, 6.07) is 3.85. The Labute approximate surface area is 146 Å². The molecule has 0 saturated carbocycles. The molecule has 0 amide bonds. The number of thiazole rings is 1. The van der Waals surface area contributed by atoms with Gasteiger partial charge in [0.05, 0.1) is 19.4 Å². The number of aromatic nitrogens is 1. The van der Waals surface area contributed by atoms with Gasteiger partial charge in [0.15, 0.2) is 5.96 Å². The standard InChI is InChI=1S/C14H20N4OS.HI/c1-4-12-8-16-13(20-12)9-17-14(15-2)18(3)10-11-6-5-7-19-11;/h5-8H,4,9-10H2,1-3H3,(H,15,17);1H. The van der Waals surface area contributed by atoms with E-state index < -0.39 is 0 Å². The van der Waals surface area contributed by atoms with E-state index in [0.29, 0.717) is 13.1 Å². The van der Waals surface area contributed by atoms with Crippen LogP contribution in [0.25, 0.3) is 0 Å². The lowest BCUT2D eigenvalue weighted by Crippen LogP contribution is -2.37. The summed E-state index contributed by atoms with van der Waals surface area (Å²) in [5.41, 5.74) is 0. The molecule has 0 aromatic carbocycles. The van der Waals surface area contributed by atoms with Crippen LogP contribution in [-0.2, 0) is 19.5 Å². The van der Waals surface area contributed by atoms with Gasteiger partial charge in [-0.25, -0.2) is 4.98 Å². The fourth-order valence-corrected chi connectivity index (χ4v) is 2.65. The summed E-state index contributed by atoms with van der Waals surface area (Å²) in [6.45, 7) is 3.52. The zero-order chi connectivity index (χ0) is 14.4. The molecule has 0 aliphatic carbocycles. The normalized spacial score (nSPS) is 11.1. The molecule has 2 aromatic rings. The average Bonchev–Trinajstić information content (AvgIpc) is 3.10. The largest absolute Gasteiger partial charge is 0.467 e. The van der Waals surface area contributed by atoms with Gasteiger partial charge in [-0.05, 0) is 18.6 Å². The summed E-state index contributed by atoms with van der Waals surface area (Å²) in [6.07, 6.45) is 4.66. The second-order valence-corrected chi connectivity index (χ2v) is 5.61. The lowest BCUT2D eigenvalue weighted by atomic mass is 10.4. The lowest BCUT2D eigenvalue weighted by molar-refractivity contribution is 0.400. The van der Waals surface area contributed by atoms with Crippen LogP contribution < -0.4 is 5.32 Å². The highest BCUT2D eigenvalue weighted by Gasteiger charge is 2.09. The van der Waals surface area contributed by atoms with Crippen molar-refractivity contribution in [2.24, 2.45) is 4.99 Å². The summed E-state index contributed by atoms with van der Waals surface area (Å²) in [4.78, 5) is 12.0. The Balaban J connectivity index is 0.00000220. The van der Waals surface area contributed by atoms with Gasteiger partial charge >= 0.3 is 0 Å². The Hall–Kier alpha value is -1.09. The maximum atomic E-state index is 5.34. The summed E-state index contributed by atoms with van der Waals surface area (Å²) in [7, 11) is 3.76. The number of nitrogens with zero attached hydrogens (tertiary/aromatic N) is 3. The van der Waals surface area contributed by atoms with Crippen LogP contribution >= 0.6 is 35.3 Å². The predicted molar refractivity (Wildman–Crippen MR) is 97.3 cm³/mol. The zero-order valence-electron chi connectivity index (χ0n) is 12.5. The predicted octanol–water partition coefficient (Wildman–Crippen LogP) is 3.12. The van der Waals surface area contributed by atoms with Crippen LogP contribution in [0.2, 0.25) is 0 Å². The molecule has 0 spiro atoms. The Morgan fingerprint density at radius 1 is 1.52 bits per heavy atom. The van der Waals surface area contributed by atoms with E-state index in [1.165, 1.54) is 4.88 Å². The molecule has 116 valence electrons. The van der Waals surface area contributed by atoms with Crippen molar-refractivity contribution in [3.8, 4) is 0 Å². The molecule has 0 bridgehead atoms. The molecule has 0 atom stereocenters. The molecule has 5 nitrogen and oxygen atoms in total. The quantitative estimate of drug-likeness (QED) is 0.459. The average molecular weight is 420 g/mol. The molecule has 0 radical (unpaired) electrons. The molecule has 2 rings (SSSR count). The number of rotatable bonds is 5. The van der Waals surface area contributed by atoms with Crippen molar-refractivity contribution in [1.82, 2.24) is 15.2 Å². The second-order valence-electron chi connectivity index (χ2n) is 4.41. The fraction of sp³-hybridized carbons (Fsp3) is 0.429. The van der Waals surface area contributed by atoms with Gasteiger partial charge in [0.1, 0.15) is 10.8 Å². The zero-order valence-corrected chi connectivity index (χ0v) is 15.6. The van der Waals surface area contributed by atoms with Crippen LogP contribution in [-0.4, -0.2) is 29.9 Å². The van der Waals surface area contributed by atoms with Crippen molar-refractivity contribution in [2.75, 3.05) is 14.1 Å². The van der Waals surface area contributed by atoms with Crippen molar-refractivity contribution in [3.63, 3.8) is 0 Å². The molecular formula is C14H21IN4OS. The highest BCUT2D eigenvalue weighted by atomic mass is 127. The number of furan rings is 1. The van der Waals surface area contributed by atoms with E-state index in [1.807, 2.05) is 30.3 Å². The third-order valence-electron chi connectivity index (χ3n) is 2.89. The number of hydrogen-bond acceptors (Lipinski definition) is 4. The van der Waals surface area contributed by atoms with E-state index in [9.17, 15) is 0 Å². The highest BCUT2D eigenvalue weighted by molar-refractivity contribution is 14.0. The SMILES string of the molecule is CCc1cnc(CNC(=NC)N(C)Cc2ccco2)s1.I. The van der Waals surface area contributed by atoms with Crippen LogP contribution in [0.15, 0.2) is 34.0 Å². The molecule has 0 aliphatic heterocycles. The van der Waals surface area contributed by atoms with Gasteiger partial charge < -0.3 is 14.6 Å². The fourth-order valence-electron chi connectivity index (χ4n) is 1.84. The minimum atomic E-state index is 0. The van der Waals surface area contributed by atoms with Crippen LogP contribution in [0.4, 0.5) is 0 Å². The number of aliphatic imine (C=N–C) groups is 1. The maximum absolute atomic E-state index is 5.34. The number of aryl methyl sites for hydroxylation is 1. The van der Waals surface area contributed by atoms with E-state index in [2.05, 4.69) is 22.2 Å². The van der Waals surface area contributed by atoms with Gasteiger partial charge in [0.25, 0.3) is 0 Å². The first kappa shape index (κ1) is 18.0. The second kappa shape index (κ2) is 9.04. The number of hydrogen-bond donors (Lipinski definition) is 1. The van der Waals surface area contributed by atoms with E-state index in [1.54, 1.807) is 24.6 Å². The third-order valence-corrected chi connectivity index (χ3v) is 4.04. The molecular weight excluding hydrogens is 399 g/mol. The minimum absolute atomic E-state index is 0.